The maximum Gasteiger partial charge on any atom is 0.150 e. The number of Topliss-reactive ketones (excluding diaryl/α,β-unsaturated/α-hetero) is 2. The van der Waals surface area contributed by atoms with Crippen molar-refractivity contribution in [1.82, 2.24) is 0 Å². The van der Waals surface area contributed by atoms with E-state index in [1.807, 2.05) is 13.8 Å². The van der Waals surface area contributed by atoms with Crippen LogP contribution in [0.2, 0.25) is 0 Å². The van der Waals surface area contributed by atoms with Gasteiger partial charge in [-0.1, -0.05) is 26.7 Å². The maximum atomic E-state index is 12.9. The van der Waals surface area contributed by atoms with Gasteiger partial charge in [0, 0.05) is 17.9 Å². The zero-order valence-electron chi connectivity index (χ0n) is 14.7. The Morgan fingerprint density at radius 2 is 1.70 bits per heavy atom. The molecule has 122 valence electrons. The monoisotopic (exact) mass is 310 g/mol. The molecule has 0 saturated heterocycles. The van der Waals surface area contributed by atoms with Gasteiger partial charge < -0.3 is 0 Å². The molecule has 0 heterocycles. The SMILES string of the molecule is CC#Cc1cc(CC)c(C2C(=O)CCC(CC)C2=O)c(CC)c1. The highest BCUT2D eigenvalue weighted by molar-refractivity contribution is 6.10. The molecule has 2 nitrogen and oxygen atoms in total. The topological polar surface area (TPSA) is 34.1 Å². The van der Waals surface area contributed by atoms with Crippen molar-refractivity contribution in [2.45, 2.75) is 65.7 Å². The van der Waals surface area contributed by atoms with Gasteiger partial charge in [0.15, 0.2) is 5.78 Å². The predicted octanol–water partition coefficient (Wildman–Crippen LogP) is 4.22. The summed E-state index contributed by atoms with van der Waals surface area (Å²) in [6, 6.07) is 4.11. The van der Waals surface area contributed by atoms with Gasteiger partial charge in [0.05, 0.1) is 0 Å². The molecule has 2 atom stereocenters. The first-order valence-corrected chi connectivity index (χ1v) is 8.72. The van der Waals surface area contributed by atoms with Gasteiger partial charge in [-0.2, -0.15) is 0 Å². The number of aryl methyl sites for hydroxylation is 2. The standard InChI is InChI=1S/C21H26O2/c1-5-9-14-12-16(7-3)19(17(8-4)13-14)20-18(22)11-10-15(6-2)21(20)23/h12-13,15,20H,6-8,10-11H2,1-4H3. The average molecular weight is 310 g/mol. The minimum atomic E-state index is -0.553. The average Bonchev–Trinajstić information content (AvgIpc) is 2.55. The van der Waals surface area contributed by atoms with Gasteiger partial charge in [0.25, 0.3) is 0 Å². The van der Waals surface area contributed by atoms with Crippen LogP contribution in [0.15, 0.2) is 12.1 Å². The molecule has 2 heteroatoms. The van der Waals surface area contributed by atoms with Crippen LogP contribution in [0.1, 0.15) is 75.1 Å². The van der Waals surface area contributed by atoms with E-state index in [-0.39, 0.29) is 17.5 Å². The Balaban J connectivity index is 2.61. The third-order valence-electron chi connectivity index (χ3n) is 4.91. The first-order chi connectivity index (χ1) is 11.1. The highest BCUT2D eigenvalue weighted by Gasteiger charge is 2.39. The number of hydrogen-bond acceptors (Lipinski definition) is 2. The smallest absolute Gasteiger partial charge is 0.150 e. The molecule has 0 aromatic heterocycles. The fraction of sp³-hybridized carbons (Fsp3) is 0.524. The lowest BCUT2D eigenvalue weighted by atomic mass is 9.72. The van der Waals surface area contributed by atoms with Gasteiger partial charge in [-0.3, -0.25) is 9.59 Å². The van der Waals surface area contributed by atoms with Crippen LogP contribution in [0.4, 0.5) is 0 Å². The number of hydrogen-bond donors (Lipinski definition) is 0. The van der Waals surface area contributed by atoms with E-state index in [0.717, 1.165) is 41.5 Å². The van der Waals surface area contributed by atoms with E-state index in [1.54, 1.807) is 0 Å². The lowest BCUT2D eigenvalue weighted by molar-refractivity contribution is -0.135. The molecule has 0 aliphatic heterocycles. The molecule has 1 fully saturated rings. The molecule has 2 rings (SSSR count). The molecule has 1 aliphatic rings. The minimum absolute atomic E-state index is 0.0298. The maximum absolute atomic E-state index is 12.9. The van der Waals surface area contributed by atoms with Crippen molar-refractivity contribution in [3.8, 4) is 11.8 Å². The Labute approximate surface area is 139 Å². The van der Waals surface area contributed by atoms with E-state index in [4.69, 9.17) is 0 Å². The Bertz CT molecular complexity index is 648. The molecule has 1 saturated carbocycles. The number of benzene rings is 1. The van der Waals surface area contributed by atoms with Crippen molar-refractivity contribution in [1.29, 1.82) is 0 Å². The minimum Gasteiger partial charge on any atom is -0.299 e. The first-order valence-electron chi connectivity index (χ1n) is 8.72. The van der Waals surface area contributed by atoms with E-state index in [9.17, 15) is 9.59 Å². The number of rotatable bonds is 4. The fourth-order valence-electron chi connectivity index (χ4n) is 3.66. The van der Waals surface area contributed by atoms with Gasteiger partial charge in [-0.15, -0.1) is 5.92 Å². The summed E-state index contributed by atoms with van der Waals surface area (Å²) in [4.78, 5) is 25.4. The summed E-state index contributed by atoms with van der Waals surface area (Å²) in [5, 5.41) is 0. The summed E-state index contributed by atoms with van der Waals surface area (Å²) >= 11 is 0. The van der Waals surface area contributed by atoms with E-state index in [2.05, 4.69) is 37.8 Å². The molecule has 23 heavy (non-hydrogen) atoms. The van der Waals surface area contributed by atoms with Crippen molar-refractivity contribution in [3.63, 3.8) is 0 Å². The highest BCUT2D eigenvalue weighted by atomic mass is 16.2. The molecule has 0 spiro atoms. The third-order valence-corrected chi connectivity index (χ3v) is 4.91. The Morgan fingerprint density at radius 1 is 1.09 bits per heavy atom. The van der Waals surface area contributed by atoms with E-state index >= 15 is 0 Å². The largest absolute Gasteiger partial charge is 0.299 e. The Morgan fingerprint density at radius 3 is 2.17 bits per heavy atom. The van der Waals surface area contributed by atoms with E-state index in [1.165, 1.54) is 0 Å². The third kappa shape index (κ3) is 3.39. The summed E-state index contributed by atoms with van der Waals surface area (Å²) in [6.07, 6.45) is 3.69. The molecule has 0 radical (unpaired) electrons. The summed E-state index contributed by atoms with van der Waals surface area (Å²) in [5.41, 5.74) is 4.16. The van der Waals surface area contributed by atoms with Crippen LogP contribution in [-0.4, -0.2) is 11.6 Å². The second-order valence-corrected chi connectivity index (χ2v) is 6.24. The predicted molar refractivity (Wildman–Crippen MR) is 93.5 cm³/mol. The molecule has 1 aliphatic carbocycles. The van der Waals surface area contributed by atoms with Crippen LogP contribution in [0.3, 0.4) is 0 Å². The number of carbonyl (C=O) groups excluding carboxylic acids is 2. The quantitative estimate of drug-likeness (QED) is 0.616. The molecule has 0 N–H and O–H groups in total. The van der Waals surface area contributed by atoms with Gasteiger partial charge in [0.2, 0.25) is 0 Å². The summed E-state index contributed by atoms with van der Waals surface area (Å²) in [5.74, 6) is 5.74. The van der Waals surface area contributed by atoms with Gasteiger partial charge >= 0.3 is 0 Å². The summed E-state index contributed by atoms with van der Waals surface area (Å²) < 4.78 is 0. The van der Waals surface area contributed by atoms with Crippen LogP contribution in [0.5, 0.6) is 0 Å². The summed E-state index contributed by atoms with van der Waals surface area (Å²) in [7, 11) is 0. The molecule has 1 aromatic carbocycles. The van der Waals surface area contributed by atoms with Gasteiger partial charge in [0.1, 0.15) is 11.7 Å². The van der Waals surface area contributed by atoms with Crippen LogP contribution in [0.25, 0.3) is 0 Å². The van der Waals surface area contributed by atoms with E-state index in [0.29, 0.717) is 12.8 Å². The molecule has 1 aromatic rings. The molecular weight excluding hydrogens is 284 g/mol. The van der Waals surface area contributed by atoms with Crippen molar-refractivity contribution < 1.29 is 9.59 Å². The van der Waals surface area contributed by atoms with Crippen LogP contribution >= 0.6 is 0 Å². The van der Waals surface area contributed by atoms with Gasteiger partial charge in [-0.25, -0.2) is 0 Å². The highest BCUT2D eigenvalue weighted by Crippen LogP contribution is 2.36. The van der Waals surface area contributed by atoms with Crippen molar-refractivity contribution in [3.05, 3.63) is 34.4 Å². The van der Waals surface area contributed by atoms with Crippen molar-refractivity contribution in [2.24, 2.45) is 5.92 Å². The van der Waals surface area contributed by atoms with Crippen LogP contribution in [0, 0.1) is 17.8 Å². The molecule has 0 bridgehead atoms. The lowest BCUT2D eigenvalue weighted by Crippen LogP contribution is -2.34. The fourth-order valence-corrected chi connectivity index (χ4v) is 3.66. The molecule has 0 amide bonds. The first kappa shape index (κ1) is 17.5. The van der Waals surface area contributed by atoms with Crippen molar-refractivity contribution in [2.75, 3.05) is 0 Å². The number of ketones is 2. The van der Waals surface area contributed by atoms with Crippen LogP contribution in [-0.2, 0) is 22.4 Å². The molecular formula is C21H26O2. The summed E-state index contributed by atoms with van der Waals surface area (Å²) in [6.45, 7) is 8.02. The molecule has 2 unspecified atom stereocenters. The van der Waals surface area contributed by atoms with E-state index < -0.39 is 5.92 Å². The second-order valence-electron chi connectivity index (χ2n) is 6.24. The van der Waals surface area contributed by atoms with Crippen molar-refractivity contribution >= 4 is 11.6 Å². The number of carbonyl (C=O) groups is 2. The van der Waals surface area contributed by atoms with Gasteiger partial charge in [-0.05, 0) is 61.4 Å². The zero-order valence-corrected chi connectivity index (χ0v) is 14.7. The van der Waals surface area contributed by atoms with Crippen LogP contribution < -0.4 is 0 Å². The zero-order chi connectivity index (χ0) is 17.0. The normalized spacial score (nSPS) is 21.0. The Hall–Kier alpha value is -1.88. The Kier molecular flexibility index (Phi) is 5.77. The lowest BCUT2D eigenvalue weighted by Gasteiger charge is -2.29. The second kappa shape index (κ2) is 7.59.